The number of nitrogens with zero attached hydrogens (tertiary/aromatic N) is 2. The number of carbonyl (C=O) groups is 1. The average molecular weight is 540 g/mol. The van der Waals surface area contributed by atoms with Crippen LogP contribution in [0, 0.1) is 5.92 Å². The van der Waals surface area contributed by atoms with Crippen molar-refractivity contribution in [2.24, 2.45) is 5.92 Å². The molecule has 0 spiro atoms. The first kappa shape index (κ1) is 27.9. The molecule has 10 nitrogen and oxygen atoms in total. The number of aliphatic hydroxyl groups excluding tert-OH is 1. The van der Waals surface area contributed by atoms with Gasteiger partial charge in [-0.3, -0.25) is 9.52 Å². The van der Waals surface area contributed by atoms with E-state index < -0.39 is 32.2 Å². The summed E-state index contributed by atoms with van der Waals surface area (Å²) in [6, 6.07) is 12.1. The summed E-state index contributed by atoms with van der Waals surface area (Å²) in [5.41, 5.74) is 0.706. The number of ether oxygens (including phenoxy) is 1. The highest BCUT2D eigenvalue weighted by Gasteiger charge is 2.32. The molecule has 3 atom stereocenters. The van der Waals surface area contributed by atoms with Gasteiger partial charge in [0.05, 0.1) is 36.8 Å². The van der Waals surface area contributed by atoms with Crippen LogP contribution in [0.4, 0.5) is 5.69 Å². The maximum atomic E-state index is 13.2. The van der Waals surface area contributed by atoms with Crippen molar-refractivity contribution in [3.63, 3.8) is 0 Å². The van der Waals surface area contributed by atoms with Crippen LogP contribution in [0.2, 0.25) is 0 Å². The van der Waals surface area contributed by atoms with Crippen molar-refractivity contribution in [3.05, 3.63) is 54.1 Å². The zero-order valence-corrected chi connectivity index (χ0v) is 22.4. The highest BCUT2D eigenvalue weighted by molar-refractivity contribution is 7.92. The normalized spacial score (nSPS) is 20.1. The van der Waals surface area contributed by atoms with Gasteiger partial charge in [-0.25, -0.2) is 21.1 Å². The summed E-state index contributed by atoms with van der Waals surface area (Å²) < 4.78 is 59.7. The minimum absolute atomic E-state index is 0.0529. The van der Waals surface area contributed by atoms with E-state index in [2.05, 4.69) is 4.72 Å². The number of amides is 1. The molecule has 36 heavy (non-hydrogen) atoms. The molecule has 0 unspecified atom stereocenters. The molecule has 3 rings (SSSR count). The molecule has 2 N–H and O–H groups in total. The van der Waals surface area contributed by atoms with Crippen LogP contribution in [0.25, 0.3) is 0 Å². The third kappa shape index (κ3) is 6.75. The molecule has 0 radical (unpaired) electrons. The van der Waals surface area contributed by atoms with E-state index in [4.69, 9.17) is 4.74 Å². The maximum Gasteiger partial charge on any atom is 0.261 e. The molecule has 1 aliphatic heterocycles. The molecule has 0 fully saturated rings. The number of rotatable bonds is 8. The van der Waals surface area contributed by atoms with E-state index in [1.54, 1.807) is 42.2 Å². The number of benzene rings is 2. The fourth-order valence-corrected chi connectivity index (χ4v) is 5.40. The fourth-order valence-electron chi connectivity index (χ4n) is 3.91. The van der Waals surface area contributed by atoms with Crippen LogP contribution in [0.15, 0.2) is 53.4 Å². The van der Waals surface area contributed by atoms with Gasteiger partial charge < -0.3 is 14.7 Å². The molecule has 12 heteroatoms. The molecule has 1 aliphatic rings. The number of hydrogen-bond donors (Lipinski definition) is 2. The zero-order chi connectivity index (χ0) is 26.7. The highest BCUT2D eigenvalue weighted by atomic mass is 32.2. The highest BCUT2D eigenvalue weighted by Crippen LogP contribution is 2.30. The van der Waals surface area contributed by atoms with Crippen molar-refractivity contribution < 1.29 is 31.5 Å². The van der Waals surface area contributed by atoms with E-state index in [0.29, 0.717) is 11.3 Å². The second-order valence-corrected chi connectivity index (χ2v) is 12.9. The quantitative estimate of drug-likeness (QED) is 0.520. The molecule has 0 bridgehead atoms. The van der Waals surface area contributed by atoms with E-state index in [0.717, 1.165) is 6.26 Å². The first-order chi connectivity index (χ1) is 16.8. The Bertz CT molecular complexity index is 1280. The molecule has 0 aliphatic carbocycles. The van der Waals surface area contributed by atoms with Crippen molar-refractivity contribution in [3.8, 4) is 5.75 Å². The van der Waals surface area contributed by atoms with Gasteiger partial charge in [0.25, 0.3) is 10.0 Å². The standard InChI is InChI=1S/C24H33N3O7S2/c1-17-14-27(18(2)16-28)24(29)13-19-12-20(25-36(32,33)21-8-6-5-7-9-21)10-11-22(19)34-23(17)15-26(3)35(4,30)31/h5-12,17-18,23,25,28H,13-16H2,1-4H3/t17-,18-,23-/m1/s1. The number of fused-ring (bicyclic) bond motifs is 1. The maximum absolute atomic E-state index is 13.2. The number of carbonyl (C=O) groups excluding carboxylic acids is 1. The predicted octanol–water partition coefficient (Wildman–Crippen LogP) is 1.53. The van der Waals surface area contributed by atoms with Gasteiger partial charge >= 0.3 is 0 Å². The summed E-state index contributed by atoms with van der Waals surface area (Å²) in [5, 5.41) is 9.73. The van der Waals surface area contributed by atoms with Gasteiger partial charge in [0.1, 0.15) is 11.9 Å². The van der Waals surface area contributed by atoms with E-state index in [9.17, 15) is 26.7 Å². The van der Waals surface area contributed by atoms with Gasteiger partial charge in [-0.1, -0.05) is 25.1 Å². The summed E-state index contributed by atoms with van der Waals surface area (Å²) in [5.74, 6) is -0.161. The average Bonchev–Trinajstić information content (AvgIpc) is 2.86. The molecule has 0 aromatic heterocycles. The van der Waals surface area contributed by atoms with E-state index in [-0.39, 0.29) is 48.5 Å². The van der Waals surface area contributed by atoms with E-state index in [1.807, 2.05) is 6.92 Å². The molecule has 198 valence electrons. The van der Waals surface area contributed by atoms with Crippen LogP contribution < -0.4 is 9.46 Å². The lowest BCUT2D eigenvalue weighted by molar-refractivity contribution is -0.134. The zero-order valence-electron chi connectivity index (χ0n) is 20.8. The Balaban J connectivity index is 2.00. The van der Waals surface area contributed by atoms with Gasteiger partial charge in [-0.05, 0) is 37.3 Å². The van der Waals surface area contributed by atoms with Crippen molar-refractivity contribution >= 4 is 31.6 Å². The number of sulfonamides is 2. The summed E-state index contributed by atoms with van der Waals surface area (Å²) in [7, 11) is -5.87. The number of likely N-dealkylation sites (N-methyl/N-ethyl adjacent to an activating group) is 1. The van der Waals surface area contributed by atoms with Crippen LogP contribution in [-0.4, -0.2) is 82.2 Å². The van der Waals surface area contributed by atoms with Gasteiger partial charge in [-0.15, -0.1) is 0 Å². The summed E-state index contributed by atoms with van der Waals surface area (Å²) in [6.45, 7) is 3.66. The van der Waals surface area contributed by atoms with Crippen LogP contribution >= 0.6 is 0 Å². The number of hydrogen-bond acceptors (Lipinski definition) is 7. The van der Waals surface area contributed by atoms with E-state index >= 15 is 0 Å². The Hall–Kier alpha value is -2.67. The van der Waals surface area contributed by atoms with Crippen molar-refractivity contribution in [1.29, 1.82) is 0 Å². The number of aliphatic hydroxyl groups is 1. The van der Waals surface area contributed by atoms with Gasteiger partial charge in [0.15, 0.2) is 0 Å². The Morgan fingerprint density at radius 3 is 2.44 bits per heavy atom. The number of nitrogens with one attached hydrogen (secondary N) is 1. The summed E-state index contributed by atoms with van der Waals surface area (Å²) in [4.78, 5) is 14.9. The molecule has 2 aromatic carbocycles. The molecular formula is C24H33N3O7S2. The second-order valence-electron chi connectivity index (χ2n) is 9.17. The smallest absolute Gasteiger partial charge is 0.261 e. The summed E-state index contributed by atoms with van der Waals surface area (Å²) >= 11 is 0. The minimum atomic E-state index is -3.85. The van der Waals surface area contributed by atoms with Gasteiger partial charge in [0.2, 0.25) is 15.9 Å². The molecular weight excluding hydrogens is 506 g/mol. The molecule has 0 saturated heterocycles. The lowest BCUT2D eigenvalue weighted by Gasteiger charge is -2.33. The van der Waals surface area contributed by atoms with Crippen LogP contribution in [0.1, 0.15) is 19.4 Å². The van der Waals surface area contributed by atoms with Crippen molar-refractivity contribution in [1.82, 2.24) is 9.21 Å². The Morgan fingerprint density at radius 2 is 1.83 bits per heavy atom. The summed E-state index contributed by atoms with van der Waals surface area (Å²) in [6.07, 6.45) is 0.423. The van der Waals surface area contributed by atoms with Crippen molar-refractivity contribution in [2.75, 3.05) is 37.7 Å². The van der Waals surface area contributed by atoms with Crippen molar-refractivity contribution in [2.45, 2.75) is 37.3 Å². The van der Waals surface area contributed by atoms with Crippen LogP contribution in [0.3, 0.4) is 0 Å². The minimum Gasteiger partial charge on any atom is -0.488 e. The van der Waals surface area contributed by atoms with E-state index in [1.165, 1.54) is 29.6 Å². The largest absolute Gasteiger partial charge is 0.488 e. The first-order valence-corrected chi connectivity index (χ1v) is 14.8. The van der Waals surface area contributed by atoms with Crippen LogP contribution in [0.5, 0.6) is 5.75 Å². The molecule has 0 saturated carbocycles. The number of anilines is 1. The Kier molecular flexibility index (Phi) is 8.65. The predicted molar refractivity (Wildman–Crippen MR) is 137 cm³/mol. The molecule has 1 amide bonds. The second kappa shape index (κ2) is 11.2. The van der Waals surface area contributed by atoms with Gasteiger partial charge in [0, 0.05) is 30.8 Å². The SMILES string of the molecule is C[C@@H]1CN([C@H](C)CO)C(=O)Cc2cc(NS(=O)(=O)c3ccccc3)ccc2O[C@@H]1CN(C)S(C)(=O)=O. The monoisotopic (exact) mass is 539 g/mol. The first-order valence-electron chi connectivity index (χ1n) is 11.5. The third-order valence-electron chi connectivity index (χ3n) is 6.23. The Labute approximate surface area is 213 Å². The molecule has 1 heterocycles. The molecule has 2 aromatic rings. The lowest BCUT2D eigenvalue weighted by Crippen LogP contribution is -2.48. The van der Waals surface area contributed by atoms with Gasteiger partial charge in [-0.2, -0.15) is 0 Å². The van der Waals surface area contributed by atoms with Crippen LogP contribution in [-0.2, 0) is 31.3 Å². The topological polar surface area (TPSA) is 133 Å². The Morgan fingerprint density at radius 1 is 1.17 bits per heavy atom. The lowest BCUT2D eigenvalue weighted by atomic mass is 10.0. The third-order valence-corrected chi connectivity index (χ3v) is 8.90. The fraction of sp³-hybridized carbons (Fsp3) is 0.458.